The number of fused-ring (bicyclic) bond motifs is 1. The first-order valence-electron chi connectivity index (χ1n) is 8.72. The van der Waals surface area contributed by atoms with E-state index in [0.717, 1.165) is 10.9 Å². The molecule has 1 fully saturated rings. The fourth-order valence-electron chi connectivity index (χ4n) is 2.97. The van der Waals surface area contributed by atoms with Gasteiger partial charge in [-0.15, -0.1) is 0 Å². The summed E-state index contributed by atoms with van der Waals surface area (Å²) in [4.78, 5) is 31.8. The Hall–Kier alpha value is -1.38. The predicted molar refractivity (Wildman–Crippen MR) is 107 cm³/mol. The molecule has 1 atom stereocenters. The number of amides is 1. The first-order chi connectivity index (χ1) is 12.5. The molecule has 2 heterocycles. The first-order valence-corrected chi connectivity index (χ1v) is 10.5. The van der Waals surface area contributed by atoms with Crippen LogP contribution in [0.3, 0.4) is 0 Å². The van der Waals surface area contributed by atoms with Gasteiger partial charge in [0.05, 0.1) is 29.4 Å². The van der Waals surface area contributed by atoms with Gasteiger partial charge in [-0.1, -0.05) is 34.6 Å². The standard InChI is InChI=1S/C18H22BrN3O3S/c1-3-6-22-17(24)14-9-13(19)4-5-15(14)20-18(22)26-11-16(23)21-7-8-25-12(2)10-21/h4-5,9,12H,3,6-8,10-11H2,1-2H3. The SMILES string of the molecule is CCCn1c(SCC(=O)N2CCOC(C)C2)nc2ccc(Br)cc2c1=O. The highest BCUT2D eigenvalue weighted by molar-refractivity contribution is 9.10. The maximum atomic E-state index is 12.9. The molecule has 1 aromatic heterocycles. The van der Waals surface area contributed by atoms with Gasteiger partial charge in [0.2, 0.25) is 5.91 Å². The monoisotopic (exact) mass is 439 g/mol. The van der Waals surface area contributed by atoms with Gasteiger partial charge in [-0.3, -0.25) is 14.2 Å². The zero-order chi connectivity index (χ0) is 18.7. The third kappa shape index (κ3) is 4.29. The van der Waals surface area contributed by atoms with Crippen molar-refractivity contribution in [1.82, 2.24) is 14.5 Å². The molecule has 1 unspecified atom stereocenters. The number of morpholine rings is 1. The molecule has 6 nitrogen and oxygen atoms in total. The van der Waals surface area contributed by atoms with E-state index in [-0.39, 0.29) is 23.3 Å². The molecule has 0 bridgehead atoms. The van der Waals surface area contributed by atoms with Crippen molar-refractivity contribution in [2.45, 2.75) is 38.1 Å². The van der Waals surface area contributed by atoms with Crippen molar-refractivity contribution in [3.63, 3.8) is 0 Å². The quantitative estimate of drug-likeness (QED) is 0.529. The van der Waals surface area contributed by atoms with Crippen molar-refractivity contribution in [3.8, 4) is 0 Å². The molecular formula is C18H22BrN3O3S. The van der Waals surface area contributed by atoms with Gasteiger partial charge < -0.3 is 9.64 Å². The van der Waals surface area contributed by atoms with Crippen LogP contribution in [0, 0.1) is 0 Å². The molecule has 1 aliphatic heterocycles. The fraction of sp³-hybridized carbons (Fsp3) is 0.500. The van der Waals surface area contributed by atoms with E-state index in [2.05, 4.69) is 20.9 Å². The number of carbonyl (C=O) groups is 1. The summed E-state index contributed by atoms with van der Waals surface area (Å²) >= 11 is 4.74. The number of benzene rings is 1. The molecule has 140 valence electrons. The molecule has 1 aromatic carbocycles. The lowest BCUT2D eigenvalue weighted by atomic mass is 10.2. The minimum atomic E-state index is -0.0620. The van der Waals surface area contributed by atoms with E-state index < -0.39 is 0 Å². The van der Waals surface area contributed by atoms with E-state index >= 15 is 0 Å². The number of thioether (sulfide) groups is 1. The Morgan fingerprint density at radius 1 is 1.46 bits per heavy atom. The van der Waals surface area contributed by atoms with Crippen LogP contribution in [0.1, 0.15) is 20.3 Å². The number of aromatic nitrogens is 2. The number of ether oxygens (including phenoxy) is 1. The summed E-state index contributed by atoms with van der Waals surface area (Å²) in [5.41, 5.74) is 0.591. The average molecular weight is 440 g/mol. The minimum Gasteiger partial charge on any atom is -0.375 e. The van der Waals surface area contributed by atoms with E-state index in [0.29, 0.717) is 42.3 Å². The lowest BCUT2D eigenvalue weighted by Gasteiger charge is -2.31. The van der Waals surface area contributed by atoms with Gasteiger partial charge in [0, 0.05) is 24.1 Å². The largest absolute Gasteiger partial charge is 0.375 e. The second-order valence-corrected chi connectivity index (χ2v) is 8.18. The van der Waals surface area contributed by atoms with Gasteiger partial charge in [-0.25, -0.2) is 4.98 Å². The summed E-state index contributed by atoms with van der Waals surface area (Å²) in [5.74, 6) is 0.323. The maximum absolute atomic E-state index is 12.9. The second kappa shape index (κ2) is 8.54. The average Bonchev–Trinajstić information content (AvgIpc) is 2.63. The van der Waals surface area contributed by atoms with Gasteiger partial charge in [0.1, 0.15) is 0 Å². The van der Waals surface area contributed by atoms with Crippen LogP contribution in [0.4, 0.5) is 0 Å². The molecule has 2 aromatic rings. The molecule has 0 N–H and O–H groups in total. The molecule has 0 radical (unpaired) electrons. The number of carbonyl (C=O) groups excluding carboxylic acids is 1. The summed E-state index contributed by atoms with van der Waals surface area (Å²) in [7, 11) is 0. The second-order valence-electron chi connectivity index (χ2n) is 6.32. The third-order valence-corrected chi connectivity index (χ3v) is 5.70. The molecule has 0 spiro atoms. The number of halogens is 1. The Balaban J connectivity index is 1.84. The van der Waals surface area contributed by atoms with E-state index in [1.54, 1.807) is 10.6 Å². The summed E-state index contributed by atoms with van der Waals surface area (Å²) in [5, 5.41) is 1.19. The van der Waals surface area contributed by atoms with Crippen LogP contribution in [0.2, 0.25) is 0 Å². The van der Waals surface area contributed by atoms with E-state index in [9.17, 15) is 9.59 Å². The van der Waals surface area contributed by atoms with Crippen LogP contribution in [0.5, 0.6) is 0 Å². The molecule has 26 heavy (non-hydrogen) atoms. The Labute approximate surface area is 165 Å². The molecule has 1 amide bonds. The van der Waals surface area contributed by atoms with Crippen molar-refractivity contribution >= 4 is 44.5 Å². The lowest BCUT2D eigenvalue weighted by Crippen LogP contribution is -2.45. The van der Waals surface area contributed by atoms with Crippen molar-refractivity contribution in [3.05, 3.63) is 33.0 Å². The highest BCUT2D eigenvalue weighted by Crippen LogP contribution is 2.21. The van der Waals surface area contributed by atoms with E-state index in [4.69, 9.17) is 4.74 Å². The van der Waals surface area contributed by atoms with E-state index in [1.165, 1.54) is 11.8 Å². The fourth-order valence-corrected chi connectivity index (χ4v) is 4.26. The summed E-state index contributed by atoms with van der Waals surface area (Å²) in [6.07, 6.45) is 0.886. The molecule has 0 saturated carbocycles. The maximum Gasteiger partial charge on any atom is 0.262 e. The molecule has 3 rings (SSSR count). The number of nitrogens with zero attached hydrogens (tertiary/aromatic N) is 3. The first kappa shape index (κ1) is 19.4. The number of rotatable bonds is 5. The van der Waals surface area contributed by atoms with Gasteiger partial charge in [-0.2, -0.15) is 0 Å². The van der Waals surface area contributed by atoms with Crippen LogP contribution in [0.15, 0.2) is 32.6 Å². The Morgan fingerprint density at radius 3 is 3.00 bits per heavy atom. The minimum absolute atomic E-state index is 0.0540. The molecule has 1 aliphatic rings. The van der Waals surface area contributed by atoms with Crippen molar-refractivity contribution in [2.24, 2.45) is 0 Å². The van der Waals surface area contributed by atoms with Crippen molar-refractivity contribution in [2.75, 3.05) is 25.4 Å². The lowest BCUT2D eigenvalue weighted by molar-refractivity contribution is -0.135. The predicted octanol–water partition coefficient (Wildman–Crippen LogP) is 2.91. The van der Waals surface area contributed by atoms with Crippen LogP contribution in [0.25, 0.3) is 10.9 Å². The molecular weight excluding hydrogens is 418 g/mol. The topological polar surface area (TPSA) is 64.4 Å². The summed E-state index contributed by atoms with van der Waals surface area (Å²) in [6, 6.07) is 5.49. The Bertz CT molecular complexity index is 871. The molecule has 1 saturated heterocycles. The molecule has 0 aliphatic carbocycles. The number of hydrogen-bond acceptors (Lipinski definition) is 5. The third-order valence-electron chi connectivity index (χ3n) is 4.25. The zero-order valence-corrected chi connectivity index (χ0v) is 17.3. The summed E-state index contributed by atoms with van der Waals surface area (Å²) < 4.78 is 8.01. The van der Waals surface area contributed by atoms with Crippen LogP contribution >= 0.6 is 27.7 Å². The normalized spacial score (nSPS) is 17.7. The van der Waals surface area contributed by atoms with Crippen molar-refractivity contribution < 1.29 is 9.53 Å². The van der Waals surface area contributed by atoms with Gasteiger partial charge in [0.25, 0.3) is 5.56 Å². The van der Waals surface area contributed by atoms with Gasteiger partial charge in [-0.05, 0) is 31.5 Å². The van der Waals surface area contributed by atoms with Gasteiger partial charge in [0.15, 0.2) is 5.16 Å². The number of hydrogen-bond donors (Lipinski definition) is 0. The summed E-state index contributed by atoms with van der Waals surface area (Å²) in [6.45, 7) is 6.37. The van der Waals surface area contributed by atoms with E-state index in [1.807, 2.05) is 30.9 Å². The van der Waals surface area contributed by atoms with Crippen molar-refractivity contribution in [1.29, 1.82) is 0 Å². The van der Waals surface area contributed by atoms with Gasteiger partial charge >= 0.3 is 0 Å². The van der Waals surface area contributed by atoms with Crippen LogP contribution in [-0.2, 0) is 16.1 Å². The highest BCUT2D eigenvalue weighted by Gasteiger charge is 2.22. The highest BCUT2D eigenvalue weighted by atomic mass is 79.9. The zero-order valence-electron chi connectivity index (χ0n) is 14.9. The van der Waals surface area contributed by atoms with Crippen LogP contribution in [-0.4, -0.2) is 51.9 Å². The molecule has 8 heteroatoms. The Kier molecular flexibility index (Phi) is 6.37. The smallest absolute Gasteiger partial charge is 0.262 e. The Morgan fingerprint density at radius 2 is 2.27 bits per heavy atom. The van der Waals surface area contributed by atoms with Crippen LogP contribution < -0.4 is 5.56 Å².